The zero-order valence-electron chi connectivity index (χ0n) is 15.2. The zero-order valence-corrected chi connectivity index (χ0v) is 17.4. The fraction of sp³-hybridized carbons (Fsp3) is 0.556. The highest BCUT2D eigenvalue weighted by Gasteiger charge is 2.30. The summed E-state index contributed by atoms with van der Waals surface area (Å²) in [5.41, 5.74) is 1.95. The topological polar surface area (TPSA) is 50.1 Å². The van der Waals surface area contributed by atoms with E-state index in [1.807, 2.05) is 42.6 Å². The Morgan fingerprint density at radius 1 is 1.40 bits per heavy atom. The van der Waals surface area contributed by atoms with Crippen LogP contribution in [0.3, 0.4) is 0 Å². The highest BCUT2D eigenvalue weighted by molar-refractivity contribution is 14.1. The monoisotopic (exact) mass is 456 g/mol. The van der Waals surface area contributed by atoms with Gasteiger partial charge in [-0.1, -0.05) is 0 Å². The van der Waals surface area contributed by atoms with Crippen molar-refractivity contribution in [2.45, 2.75) is 45.9 Å². The predicted molar refractivity (Wildman–Crippen MR) is 106 cm³/mol. The first-order chi connectivity index (χ1) is 11.7. The van der Waals surface area contributed by atoms with Crippen molar-refractivity contribution >= 4 is 34.2 Å². The van der Waals surface area contributed by atoms with Gasteiger partial charge in [-0.25, -0.2) is 9.31 Å². The molecule has 1 atom stereocenters. The van der Waals surface area contributed by atoms with Crippen molar-refractivity contribution in [1.29, 1.82) is 0 Å². The lowest BCUT2D eigenvalue weighted by molar-refractivity contribution is 0.000565. The van der Waals surface area contributed by atoms with Crippen LogP contribution >= 0.6 is 22.6 Å². The van der Waals surface area contributed by atoms with E-state index in [9.17, 15) is 4.79 Å². The second-order valence-electron chi connectivity index (χ2n) is 7.62. The molecule has 0 unspecified atom stereocenters. The largest absolute Gasteiger partial charge is 0.444 e. The second-order valence-corrected chi connectivity index (χ2v) is 8.78. The summed E-state index contributed by atoms with van der Waals surface area (Å²) in [7, 11) is 0. The number of ether oxygens (including phenoxy) is 1. The molecule has 0 spiro atoms. The molecule has 1 aliphatic rings. The van der Waals surface area contributed by atoms with E-state index in [1.165, 1.54) is 5.56 Å². The highest BCUT2D eigenvalue weighted by Crippen LogP contribution is 2.19. The molecule has 1 saturated heterocycles. The molecule has 25 heavy (non-hydrogen) atoms. The number of piperazine rings is 1. The van der Waals surface area contributed by atoms with Crippen molar-refractivity contribution in [3.63, 3.8) is 0 Å². The Bertz CT molecular complexity index is 768. The van der Waals surface area contributed by atoms with Crippen LogP contribution in [0, 0.1) is 3.57 Å². The number of carbonyl (C=O) groups is 1. The van der Waals surface area contributed by atoms with Crippen LogP contribution < -0.4 is 0 Å². The van der Waals surface area contributed by atoms with Gasteiger partial charge in [0.25, 0.3) is 0 Å². The maximum absolute atomic E-state index is 12.3. The lowest BCUT2D eigenvalue weighted by Gasteiger charge is -2.40. The normalized spacial score (nSPS) is 19.4. The molecular weight excluding hydrogens is 431 g/mol. The second kappa shape index (κ2) is 7.11. The number of halogens is 1. The van der Waals surface area contributed by atoms with E-state index in [2.05, 4.69) is 51.6 Å². The van der Waals surface area contributed by atoms with Crippen molar-refractivity contribution in [3.8, 4) is 0 Å². The third-order valence-electron chi connectivity index (χ3n) is 4.28. The Morgan fingerprint density at radius 3 is 2.84 bits per heavy atom. The summed E-state index contributed by atoms with van der Waals surface area (Å²) >= 11 is 2.31. The summed E-state index contributed by atoms with van der Waals surface area (Å²) in [5, 5.41) is 4.31. The Balaban J connectivity index is 1.62. The van der Waals surface area contributed by atoms with Crippen molar-refractivity contribution in [1.82, 2.24) is 19.4 Å². The van der Waals surface area contributed by atoms with E-state index in [0.29, 0.717) is 6.54 Å². The standard InChI is InChI=1S/C18H25IN4O2/c1-13-11-21(7-8-22(13)17(24)25-18(2,3)4)12-14-5-6-23-16(9-14)15(19)10-20-23/h5-6,9-10,13H,7-8,11-12H2,1-4H3/t13-/m0/s1. The molecule has 3 heterocycles. The lowest BCUT2D eigenvalue weighted by atomic mass is 10.1. The van der Waals surface area contributed by atoms with Gasteiger partial charge >= 0.3 is 6.09 Å². The predicted octanol–water partition coefficient (Wildman–Crippen LogP) is 3.38. The van der Waals surface area contributed by atoms with Crippen molar-refractivity contribution in [3.05, 3.63) is 33.7 Å². The summed E-state index contributed by atoms with van der Waals surface area (Å²) in [6.07, 6.45) is 3.67. The quantitative estimate of drug-likeness (QED) is 0.651. The van der Waals surface area contributed by atoms with Gasteiger partial charge in [0.15, 0.2) is 0 Å². The Kier molecular flexibility index (Phi) is 5.24. The molecule has 2 aromatic heterocycles. The molecule has 7 heteroatoms. The van der Waals surface area contributed by atoms with Crippen LogP contribution in [0.5, 0.6) is 0 Å². The Morgan fingerprint density at radius 2 is 2.16 bits per heavy atom. The van der Waals surface area contributed by atoms with Gasteiger partial charge in [0, 0.05) is 38.4 Å². The summed E-state index contributed by atoms with van der Waals surface area (Å²) in [6, 6.07) is 4.45. The number of amides is 1. The molecule has 136 valence electrons. The molecule has 2 aromatic rings. The van der Waals surface area contributed by atoms with E-state index in [0.717, 1.165) is 28.7 Å². The van der Waals surface area contributed by atoms with E-state index in [4.69, 9.17) is 4.74 Å². The first kappa shape index (κ1) is 18.4. The van der Waals surface area contributed by atoms with Gasteiger partial charge in [0.1, 0.15) is 5.60 Å². The van der Waals surface area contributed by atoms with Gasteiger partial charge in [-0.3, -0.25) is 4.90 Å². The molecule has 0 saturated carbocycles. The zero-order chi connectivity index (χ0) is 18.2. The molecular formula is C18H25IN4O2. The average molecular weight is 456 g/mol. The van der Waals surface area contributed by atoms with Gasteiger partial charge in [-0.05, 0) is 68.0 Å². The van der Waals surface area contributed by atoms with Crippen LogP contribution in [0.2, 0.25) is 0 Å². The summed E-state index contributed by atoms with van der Waals surface area (Å²) in [4.78, 5) is 16.5. The number of nitrogens with zero attached hydrogens (tertiary/aromatic N) is 4. The Hall–Kier alpha value is -1.35. The average Bonchev–Trinajstić information content (AvgIpc) is 2.87. The molecule has 0 aliphatic carbocycles. The maximum Gasteiger partial charge on any atom is 0.410 e. The van der Waals surface area contributed by atoms with E-state index in [-0.39, 0.29) is 12.1 Å². The number of hydrogen-bond donors (Lipinski definition) is 0. The summed E-state index contributed by atoms with van der Waals surface area (Å²) < 4.78 is 8.56. The minimum absolute atomic E-state index is 0.141. The SMILES string of the molecule is C[C@H]1CN(Cc2ccn3ncc(I)c3c2)CCN1C(=O)OC(C)(C)C. The number of rotatable bonds is 2. The van der Waals surface area contributed by atoms with Crippen LogP contribution in [0.25, 0.3) is 5.52 Å². The fourth-order valence-corrected chi connectivity index (χ4v) is 3.65. The number of hydrogen-bond acceptors (Lipinski definition) is 4. The van der Waals surface area contributed by atoms with E-state index < -0.39 is 5.60 Å². The number of aromatic nitrogens is 2. The fourth-order valence-electron chi connectivity index (χ4n) is 3.12. The molecule has 6 nitrogen and oxygen atoms in total. The highest BCUT2D eigenvalue weighted by atomic mass is 127. The van der Waals surface area contributed by atoms with Gasteiger partial charge in [0.2, 0.25) is 0 Å². The van der Waals surface area contributed by atoms with Crippen LogP contribution in [0.4, 0.5) is 4.79 Å². The van der Waals surface area contributed by atoms with Crippen LogP contribution in [0.15, 0.2) is 24.5 Å². The first-order valence-electron chi connectivity index (χ1n) is 8.57. The Labute approximate surface area is 162 Å². The molecule has 1 amide bonds. The maximum atomic E-state index is 12.3. The van der Waals surface area contributed by atoms with E-state index in [1.54, 1.807) is 0 Å². The van der Waals surface area contributed by atoms with Crippen molar-refractivity contribution < 1.29 is 9.53 Å². The summed E-state index contributed by atoms with van der Waals surface area (Å²) in [5.74, 6) is 0. The van der Waals surface area contributed by atoms with Crippen molar-refractivity contribution in [2.75, 3.05) is 19.6 Å². The van der Waals surface area contributed by atoms with Crippen LogP contribution in [0.1, 0.15) is 33.3 Å². The lowest BCUT2D eigenvalue weighted by Crippen LogP contribution is -2.54. The smallest absolute Gasteiger partial charge is 0.410 e. The molecule has 0 bridgehead atoms. The molecule has 1 aliphatic heterocycles. The molecule has 1 fully saturated rings. The number of fused-ring (bicyclic) bond motifs is 1. The number of pyridine rings is 1. The third kappa shape index (κ3) is 4.44. The van der Waals surface area contributed by atoms with E-state index >= 15 is 0 Å². The minimum Gasteiger partial charge on any atom is -0.444 e. The number of carbonyl (C=O) groups excluding carboxylic acids is 1. The van der Waals surface area contributed by atoms with Gasteiger partial charge < -0.3 is 9.64 Å². The third-order valence-corrected chi connectivity index (χ3v) is 5.12. The van der Waals surface area contributed by atoms with Crippen LogP contribution in [-0.4, -0.2) is 56.8 Å². The van der Waals surface area contributed by atoms with Gasteiger partial charge in [-0.2, -0.15) is 5.10 Å². The van der Waals surface area contributed by atoms with Gasteiger partial charge in [0.05, 0.1) is 15.3 Å². The van der Waals surface area contributed by atoms with Gasteiger partial charge in [-0.15, -0.1) is 0 Å². The molecule has 0 N–H and O–H groups in total. The molecule has 3 rings (SSSR count). The molecule has 0 aromatic carbocycles. The molecule has 0 radical (unpaired) electrons. The summed E-state index contributed by atoms with van der Waals surface area (Å²) in [6.45, 7) is 11.1. The van der Waals surface area contributed by atoms with Crippen LogP contribution in [-0.2, 0) is 11.3 Å². The van der Waals surface area contributed by atoms with Crippen molar-refractivity contribution in [2.24, 2.45) is 0 Å². The first-order valence-corrected chi connectivity index (χ1v) is 9.64. The minimum atomic E-state index is -0.453.